The van der Waals surface area contributed by atoms with Crippen molar-refractivity contribution in [2.45, 2.75) is 19.4 Å². The first-order chi connectivity index (χ1) is 7.63. The zero-order valence-electron chi connectivity index (χ0n) is 8.80. The van der Waals surface area contributed by atoms with E-state index in [0.29, 0.717) is 12.2 Å². The van der Waals surface area contributed by atoms with Gasteiger partial charge in [-0.05, 0) is 18.6 Å². The molecule has 0 aliphatic rings. The third-order valence-corrected chi connectivity index (χ3v) is 1.92. The van der Waals surface area contributed by atoms with E-state index in [1.54, 1.807) is 25.1 Å². The molecule has 0 aliphatic carbocycles. The molecule has 3 N–H and O–H groups in total. The smallest absolute Gasteiger partial charge is 0.326 e. The van der Waals surface area contributed by atoms with E-state index in [0.717, 1.165) is 0 Å². The summed E-state index contributed by atoms with van der Waals surface area (Å²) >= 11 is 0. The summed E-state index contributed by atoms with van der Waals surface area (Å²) in [5.74, 6) is -0.682. The fourth-order valence-corrected chi connectivity index (χ4v) is 1.09. The highest BCUT2D eigenvalue weighted by Gasteiger charge is 2.17. The molecule has 1 aromatic heterocycles. The topological polar surface area (TPSA) is 91.3 Å². The largest absolute Gasteiger partial charge is 0.480 e. The molecule has 86 valence electrons. The number of urea groups is 1. The number of amides is 2. The maximum atomic E-state index is 11.4. The van der Waals surface area contributed by atoms with Crippen LogP contribution in [0.25, 0.3) is 0 Å². The van der Waals surface area contributed by atoms with Gasteiger partial charge in [0.05, 0.1) is 0 Å². The van der Waals surface area contributed by atoms with Crippen LogP contribution in [-0.2, 0) is 4.79 Å². The zero-order valence-corrected chi connectivity index (χ0v) is 8.80. The third kappa shape index (κ3) is 3.56. The Hall–Kier alpha value is -2.11. The van der Waals surface area contributed by atoms with Gasteiger partial charge in [0, 0.05) is 6.20 Å². The van der Waals surface area contributed by atoms with E-state index in [1.165, 1.54) is 6.20 Å². The third-order valence-electron chi connectivity index (χ3n) is 1.92. The van der Waals surface area contributed by atoms with E-state index in [9.17, 15) is 9.59 Å². The van der Waals surface area contributed by atoms with Crippen molar-refractivity contribution in [1.29, 1.82) is 0 Å². The number of rotatable bonds is 4. The molecule has 0 fully saturated rings. The van der Waals surface area contributed by atoms with E-state index in [1.807, 2.05) is 0 Å². The van der Waals surface area contributed by atoms with Gasteiger partial charge in [-0.15, -0.1) is 0 Å². The Morgan fingerprint density at radius 3 is 2.75 bits per heavy atom. The van der Waals surface area contributed by atoms with Crippen LogP contribution >= 0.6 is 0 Å². The van der Waals surface area contributed by atoms with Crippen molar-refractivity contribution in [1.82, 2.24) is 10.3 Å². The summed E-state index contributed by atoms with van der Waals surface area (Å²) in [6.07, 6.45) is 1.86. The van der Waals surface area contributed by atoms with Crippen molar-refractivity contribution in [3.8, 4) is 0 Å². The minimum Gasteiger partial charge on any atom is -0.480 e. The quantitative estimate of drug-likeness (QED) is 0.711. The van der Waals surface area contributed by atoms with Crippen LogP contribution in [0.1, 0.15) is 13.3 Å². The van der Waals surface area contributed by atoms with Crippen LogP contribution in [0.2, 0.25) is 0 Å². The Kier molecular flexibility index (Phi) is 4.26. The van der Waals surface area contributed by atoms with Crippen LogP contribution in [0.15, 0.2) is 24.4 Å². The number of nitrogens with zero attached hydrogens (tertiary/aromatic N) is 1. The summed E-state index contributed by atoms with van der Waals surface area (Å²) in [7, 11) is 0. The van der Waals surface area contributed by atoms with Crippen molar-refractivity contribution >= 4 is 17.8 Å². The van der Waals surface area contributed by atoms with Crippen molar-refractivity contribution in [2.75, 3.05) is 5.32 Å². The Morgan fingerprint density at radius 1 is 1.50 bits per heavy atom. The second kappa shape index (κ2) is 5.69. The molecule has 16 heavy (non-hydrogen) atoms. The molecule has 0 aliphatic heterocycles. The first kappa shape index (κ1) is 12.0. The predicted octanol–water partition coefficient (Wildman–Crippen LogP) is 1.07. The maximum absolute atomic E-state index is 11.4. The maximum Gasteiger partial charge on any atom is 0.326 e. The predicted molar refractivity (Wildman–Crippen MR) is 58.1 cm³/mol. The molecule has 1 unspecified atom stereocenters. The van der Waals surface area contributed by atoms with E-state index in [2.05, 4.69) is 15.6 Å². The highest BCUT2D eigenvalue weighted by molar-refractivity contribution is 5.91. The molecule has 0 radical (unpaired) electrons. The number of aliphatic carboxylic acids is 1. The fraction of sp³-hybridized carbons (Fsp3) is 0.300. The summed E-state index contributed by atoms with van der Waals surface area (Å²) < 4.78 is 0. The molecule has 0 spiro atoms. The van der Waals surface area contributed by atoms with Crippen LogP contribution < -0.4 is 10.6 Å². The Bertz CT molecular complexity index is 367. The molecule has 1 atom stereocenters. The molecule has 0 bridgehead atoms. The number of carbonyl (C=O) groups is 2. The lowest BCUT2D eigenvalue weighted by Gasteiger charge is -2.12. The second-order valence-electron chi connectivity index (χ2n) is 3.11. The number of pyridine rings is 1. The van der Waals surface area contributed by atoms with Gasteiger partial charge in [-0.2, -0.15) is 0 Å². The molecular formula is C10H13N3O3. The molecule has 1 aromatic rings. The van der Waals surface area contributed by atoms with E-state index < -0.39 is 18.0 Å². The highest BCUT2D eigenvalue weighted by Crippen LogP contribution is 2.00. The van der Waals surface area contributed by atoms with Crippen LogP contribution in [0, 0.1) is 0 Å². The normalized spacial score (nSPS) is 11.6. The Labute approximate surface area is 92.7 Å². The Morgan fingerprint density at radius 2 is 2.25 bits per heavy atom. The molecule has 2 amide bonds. The van der Waals surface area contributed by atoms with Gasteiger partial charge in [0.15, 0.2) is 0 Å². The average molecular weight is 223 g/mol. The monoisotopic (exact) mass is 223 g/mol. The molecule has 6 heteroatoms. The van der Waals surface area contributed by atoms with Crippen LogP contribution in [0.4, 0.5) is 10.6 Å². The summed E-state index contributed by atoms with van der Waals surface area (Å²) in [6, 6.07) is 3.59. The second-order valence-corrected chi connectivity index (χ2v) is 3.11. The SMILES string of the molecule is CCC(NC(=O)Nc1ccccn1)C(=O)O. The van der Waals surface area contributed by atoms with Gasteiger partial charge in [0.2, 0.25) is 0 Å². The lowest BCUT2D eigenvalue weighted by Crippen LogP contribution is -2.42. The summed E-state index contributed by atoms with van der Waals surface area (Å²) in [6.45, 7) is 1.68. The number of carbonyl (C=O) groups excluding carboxylic acids is 1. The molecule has 0 saturated heterocycles. The first-order valence-electron chi connectivity index (χ1n) is 4.85. The van der Waals surface area contributed by atoms with Gasteiger partial charge >= 0.3 is 12.0 Å². The van der Waals surface area contributed by atoms with Crippen molar-refractivity contribution < 1.29 is 14.7 Å². The fourth-order valence-electron chi connectivity index (χ4n) is 1.09. The number of aromatic nitrogens is 1. The van der Waals surface area contributed by atoms with Gasteiger partial charge in [0.25, 0.3) is 0 Å². The standard InChI is InChI=1S/C10H13N3O3/c1-2-7(9(14)15)12-10(16)13-8-5-3-4-6-11-8/h3-7H,2H2,1H3,(H,14,15)(H2,11,12,13,16). The number of hydrogen-bond donors (Lipinski definition) is 3. The van der Waals surface area contributed by atoms with Gasteiger partial charge in [-0.3, -0.25) is 5.32 Å². The summed E-state index contributed by atoms with van der Waals surface area (Å²) in [5.41, 5.74) is 0. The summed E-state index contributed by atoms with van der Waals surface area (Å²) in [4.78, 5) is 25.9. The van der Waals surface area contributed by atoms with E-state index in [-0.39, 0.29) is 0 Å². The van der Waals surface area contributed by atoms with E-state index in [4.69, 9.17) is 5.11 Å². The average Bonchev–Trinajstić information content (AvgIpc) is 2.27. The molecule has 0 aromatic carbocycles. The number of carboxylic acids is 1. The van der Waals surface area contributed by atoms with Gasteiger partial charge in [-0.25, -0.2) is 14.6 Å². The van der Waals surface area contributed by atoms with Crippen LogP contribution in [0.5, 0.6) is 0 Å². The summed E-state index contributed by atoms with van der Waals surface area (Å²) in [5, 5.41) is 13.5. The molecule has 1 rings (SSSR count). The van der Waals surface area contributed by atoms with Crippen molar-refractivity contribution in [2.24, 2.45) is 0 Å². The van der Waals surface area contributed by atoms with Crippen LogP contribution in [-0.4, -0.2) is 28.1 Å². The number of hydrogen-bond acceptors (Lipinski definition) is 3. The first-order valence-corrected chi connectivity index (χ1v) is 4.85. The number of nitrogens with one attached hydrogen (secondary N) is 2. The Balaban J connectivity index is 2.50. The minimum atomic E-state index is -1.06. The van der Waals surface area contributed by atoms with Gasteiger partial charge < -0.3 is 10.4 Å². The zero-order chi connectivity index (χ0) is 12.0. The van der Waals surface area contributed by atoms with Crippen molar-refractivity contribution in [3.05, 3.63) is 24.4 Å². The van der Waals surface area contributed by atoms with E-state index >= 15 is 0 Å². The lowest BCUT2D eigenvalue weighted by molar-refractivity contribution is -0.139. The van der Waals surface area contributed by atoms with Crippen LogP contribution in [0.3, 0.4) is 0 Å². The van der Waals surface area contributed by atoms with Crippen molar-refractivity contribution in [3.63, 3.8) is 0 Å². The molecular weight excluding hydrogens is 210 g/mol. The number of carboxylic acid groups (broad SMARTS) is 1. The van der Waals surface area contributed by atoms with Gasteiger partial charge in [-0.1, -0.05) is 13.0 Å². The molecule has 1 heterocycles. The lowest BCUT2D eigenvalue weighted by atomic mass is 10.2. The molecule has 6 nitrogen and oxygen atoms in total. The molecule has 0 saturated carbocycles. The number of anilines is 1. The van der Waals surface area contributed by atoms with Gasteiger partial charge in [0.1, 0.15) is 11.9 Å². The highest BCUT2D eigenvalue weighted by atomic mass is 16.4. The minimum absolute atomic E-state index is 0.324.